The van der Waals surface area contributed by atoms with Gasteiger partial charge in [0.25, 0.3) is 0 Å². The predicted octanol–water partition coefficient (Wildman–Crippen LogP) is 4.31. The summed E-state index contributed by atoms with van der Waals surface area (Å²) in [6.07, 6.45) is 8.47. The summed E-state index contributed by atoms with van der Waals surface area (Å²) in [5.41, 5.74) is 0.751. The van der Waals surface area contributed by atoms with Crippen LogP contribution in [-0.4, -0.2) is 44.7 Å². The number of carbonyl (C=O) groups excluding carboxylic acids is 1. The van der Waals surface area contributed by atoms with Crippen LogP contribution in [0.1, 0.15) is 36.6 Å². The third-order valence-electron chi connectivity index (χ3n) is 5.06. The quantitative estimate of drug-likeness (QED) is 0.647. The molecule has 1 amide bonds. The fourth-order valence-corrected chi connectivity index (χ4v) is 3.88. The van der Waals surface area contributed by atoms with Crippen LogP contribution in [0.5, 0.6) is 11.5 Å². The standard InChI is InChI=1S/C22H27ClN2O4/c1-27-20-14-16(13-17(23)22(20)28-2)8-9-21(26)24-15-18(19-7-6-12-29-19)25-10-4-3-5-11-25/h6-9,12-14,18H,3-5,10-11,15H2,1-2H3,(H,24,26)/b9-8+. The molecular formula is C22H27ClN2O4. The number of nitrogens with zero attached hydrogens (tertiary/aromatic N) is 1. The van der Waals surface area contributed by atoms with Gasteiger partial charge in [-0.25, -0.2) is 0 Å². The largest absolute Gasteiger partial charge is 0.493 e. The van der Waals surface area contributed by atoms with Gasteiger partial charge in [0.05, 0.1) is 31.5 Å². The zero-order valence-electron chi connectivity index (χ0n) is 16.8. The normalized spacial score (nSPS) is 16.0. The highest BCUT2D eigenvalue weighted by Gasteiger charge is 2.24. The number of rotatable bonds is 8. The van der Waals surface area contributed by atoms with Crippen LogP contribution in [0.3, 0.4) is 0 Å². The summed E-state index contributed by atoms with van der Waals surface area (Å²) in [5.74, 6) is 1.69. The minimum absolute atomic E-state index is 0.0400. The molecule has 156 valence electrons. The Bertz CT molecular complexity index is 830. The number of furan rings is 1. The first-order valence-electron chi connectivity index (χ1n) is 9.77. The summed E-state index contributed by atoms with van der Waals surface area (Å²) in [6, 6.07) is 7.39. The van der Waals surface area contributed by atoms with E-state index in [1.165, 1.54) is 32.4 Å². The van der Waals surface area contributed by atoms with Gasteiger partial charge >= 0.3 is 0 Å². The highest BCUT2D eigenvalue weighted by atomic mass is 35.5. The van der Waals surface area contributed by atoms with Crippen LogP contribution < -0.4 is 14.8 Å². The Morgan fingerprint density at radius 1 is 1.28 bits per heavy atom. The van der Waals surface area contributed by atoms with Gasteiger partial charge in [-0.1, -0.05) is 18.0 Å². The number of benzene rings is 1. The Morgan fingerprint density at radius 3 is 2.72 bits per heavy atom. The molecule has 1 atom stereocenters. The van der Waals surface area contributed by atoms with Crippen LogP contribution in [0, 0.1) is 0 Å². The molecule has 1 aliphatic rings. The van der Waals surface area contributed by atoms with E-state index in [4.69, 9.17) is 25.5 Å². The Kier molecular flexibility index (Phi) is 7.61. The number of ether oxygens (including phenoxy) is 2. The van der Waals surface area contributed by atoms with Crippen molar-refractivity contribution in [1.29, 1.82) is 0 Å². The third-order valence-corrected chi connectivity index (χ3v) is 5.34. The number of hydrogen-bond donors (Lipinski definition) is 1. The lowest BCUT2D eigenvalue weighted by Crippen LogP contribution is -2.40. The van der Waals surface area contributed by atoms with Gasteiger partial charge in [0.2, 0.25) is 5.91 Å². The van der Waals surface area contributed by atoms with Crippen molar-refractivity contribution in [3.8, 4) is 11.5 Å². The Hall–Kier alpha value is -2.44. The molecule has 2 heterocycles. The second kappa shape index (κ2) is 10.4. The molecule has 1 aromatic carbocycles. The maximum Gasteiger partial charge on any atom is 0.244 e. The number of likely N-dealkylation sites (tertiary alicyclic amines) is 1. The number of amides is 1. The van der Waals surface area contributed by atoms with E-state index in [1.807, 2.05) is 12.1 Å². The van der Waals surface area contributed by atoms with Crippen molar-refractivity contribution >= 4 is 23.6 Å². The number of hydrogen-bond acceptors (Lipinski definition) is 5. The van der Waals surface area contributed by atoms with E-state index < -0.39 is 0 Å². The van der Waals surface area contributed by atoms with E-state index in [-0.39, 0.29) is 11.9 Å². The average Bonchev–Trinajstić information content (AvgIpc) is 3.27. The molecule has 0 radical (unpaired) electrons. The molecular weight excluding hydrogens is 392 g/mol. The SMILES string of the molecule is COc1cc(/C=C/C(=O)NCC(c2ccco2)N2CCCCC2)cc(Cl)c1OC. The number of piperidine rings is 1. The molecule has 1 aliphatic heterocycles. The van der Waals surface area contributed by atoms with Crippen molar-refractivity contribution in [3.05, 3.63) is 53.0 Å². The smallest absolute Gasteiger partial charge is 0.244 e. The number of methoxy groups -OCH3 is 2. The van der Waals surface area contributed by atoms with E-state index in [1.54, 1.807) is 31.6 Å². The average molecular weight is 419 g/mol. The van der Waals surface area contributed by atoms with Gasteiger partial charge in [-0.05, 0) is 61.8 Å². The minimum atomic E-state index is -0.176. The molecule has 1 N–H and O–H groups in total. The Labute approximate surface area is 176 Å². The number of carbonyl (C=O) groups is 1. The second-order valence-corrected chi connectivity index (χ2v) is 7.35. The van der Waals surface area contributed by atoms with E-state index in [0.29, 0.717) is 23.1 Å². The summed E-state index contributed by atoms with van der Waals surface area (Å²) >= 11 is 6.22. The zero-order chi connectivity index (χ0) is 20.6. The Balaban J connectivity index is 1.64. The van der Waals surface area contributed by atoms with Gasteiger partial charge in [-0.2, -0.15) is 0 Å². The van der Waals surface area contributed by atoms with E-state index in [2.05, 4.69) is 10.2 Å². The topological polar surface area (TPSA) is 63.9 Å². The van der Waals surface area contributed by atoms with Crippen molar-refractivity contribution in [2.24, 2.45) is 0 Å². The van der Waals surface area contributed by atoms with Gasteiger partial charge in [-0.15, -0.1) is 0 Å². The van der Waals surface area contributed by atoms with Gasteiger partial charge in [0, 0.05) is 12.6 Å². The van der Waals surface area contributed by atoms with Crippen LogP contribution >= 0.6 is 11.6 Å². The second-order valence-electron chi connectivity index (χ2n) is 6.94. The van der Waals surface area contributed by atoms with E-state index in [9.17, 15) is 4.79 Å². The van der Waals surface area contributed by atoms with Gasteiger partial charge in [0.15, 0.2) is 11.5 Å². The van der Waals surface area contributed by atoms with Crippen molar-refractivity contribution in [1.82, 2.24) is 10.2 Å². The molecule has 6 nitrogen and oxygen atoms in total. The Morgan fingerprint density at radius 2 is 2.07 bits per heavy atom. The highest BCUT2D eigenvalue weighted by Crippen LogP contribution is 2.36. The highest BCUT2D eigenvalue weighted by molar-refractivity contribution is 6.32. The molecule has 0 bridgehead atoms. The maximum atomic E-state index is 12.4. The number of halogens is 1. The van der Waals surface area contributed by atoms with Gasteiger partial charge in [0.1, 0.15) is 5.76 Å². The summed E-state index contributed by atoms with van der Waals surface area (Å²) in [6.45, 7) is 2.52. The van der Waals surface area contributed by atoms with Crippen LogP contribution in [0.25, 0.3) is 6.08 Å². The van der Waals surface area contributed by atoms with E-state index >= 15 is 0 Å². The van der Waals surface area contributed by atoms with Crippen molar-refractivity contribution < 1.29 is 18.7 Å². The fraction of sp³-hybridized carbons (Fsp3) is 0.409. The maximum absolute atomic E-state index is 12.4. The lowest BCUT2D eigenvalue weighted by Gasteiger charge is -2.33. The first-order chi connectivity index (χ1) is 14.1. The molecule has 7 heteroatoms. The van der Waals surface area contributed by atoms with Crippen LogP contribution in [-0.2, 0) is 4.79 Å². The first kappa shape index (κ1) is 21.3. The summed E-state index contributed by atoms with van der Waals surface area (Å²) in [5, 5.41) is 3.41. The van der Waals surface area contributed by atoms with Gasteiger partial charge < -0.3 is 19.2 Å². The zero-order valence-corrected chi connectivity index (χ0v) is 17.6. The first-order valence-corrected chi connectivity index (χ1v) is 10.1. The molecule has 0 saturated carbocycles. The lowest BCUT2D eigenvalue weighted by atomic mass is 10.1. The molecule has 0 aliphatic carbocycles. The molecule has 0 spiro atoms. The molecule has 2 aromatic rings. The molecule has 1 saturated heterocycles. The fourth-order valence-electron chi connectivity index (χ4n) is 3.58. The van der Waals surface area contributed by atoms with Crippen molar-refractivity contribution in [3.63, 3.8) is 0 Å². The van der Waals surface area contributed by atoms with Crippen LogP contribution in [0.4, 0.5) is 0 Å². The van der Waals surface area contributed by atoms with Crippen LogP contribution in [0.15, 0.2) is 41.0 Å². The number of nitrogens with one attached hydrogen (secondary N) is 1. The van der Waals surface area contributed by atoms with Crippen molar-refractivity contribution in [2.45, 2.75) is 25.3 Å². The molecule has 1 fully saturated rings. The van der Waals surface area contributed by atoms with Gasteiger partial charge in [-0.3, -0.25) is 9.69 Å². The summed E-state index contributed by atoms with van der Waals surface area (Å²) < 4.78 is 16.1. The summed E-state index contributed by atoms with van der Waals surface area (Å²) in [4.78, 5) is 14.8. The minimum Gasteiger partial charge on any atom is -0.493 e. The molecule has 29 heavy (non-hydrogen) atoms. The molecule has 1 unspecified atom stereocenters. The van der Waals surface area contributed by atoms with Crippen LogP contribution in [0.2, 0.25) is 5.02 Å². The summed E-state index contributed by atoms with van der Waals surface area (Å²) in [7, 11) is 3.08. The van der Waals surface area contributed by atoms with E-state index in [0.717, 1.165) is 24.4 Å². The molecule has 1 aromatic heterocycles. The molecule has 3 rings (SSSR count). The lowest BCUT2D eigenvalue weighted by molar-refractivity contribution is -0.116. The van der Waals surface area contributed by atoms with Crippen molar-refractivity contribution in [2.75, 3.05) is 33.9 Å². The third kappa shape index (κ3) is 5.55. The monoisotopic (exact) mass is 418 g/mol. The predicted molar refractivity (Wildman–Crippen MR) is 113 cm³/mol.